The number of aliphatic hydroxyl groups is 1. The van der Waals surface area contributed by atoms with Crippen LogP contribution in [-0.4, -0.2) is 67.7 Å². The fourth-order valence-corrected chi connectivity index (χ4v) is 4.04. The summed E-state index contributed by atoms with van der Waals surface area (Å²) >= 11 is 0. The van der Waals surface area contributed by atoms with Gasteiger partial charge < -0.3 is 35.5 Å². The van der Waals surface area contributed by atoms with Crippen LogP contribution in [0.25, 0.3) is 0 Å². The van der Waals surface area contributed by atoms with E-state index in [9.17, 15) is 14.7 Å². The zero-order valence-corrected chi connectivity index (χ0v) is 23.2. The summed E-state index contributed by atoms with van der Waals surface area (Å²) in [5.74, 6) is -0.0652. The lowest BCUT2D eigenvalue weighted by Gasteiger charge is -2.28. The molecular formula is C28H48N2O7. The minimum atomic E-state index is -1.06. The third-order valence-electron chi connectivity index (χ3n) is 6.49. The Morgan fingerprint density at radius 1 is 1.05 bits per heavy atom. The first-order valence-electron chi connectivity index (χ1n) is 13.4. The maximum absolute atomic E-state index is 12.3. The molecule has 0 bridgehead atoms. The van der Waals surface area contributed by atoms with E-state index in [1.807, 2.05) is 19.1 Å². The molecule has 5 N–H and O–H groups in total. The SMILES string of the molecule is CCCCNC(=O)[C@H](C)C[C@H](O)[C@@H](N)C[C@H](Cc1ccc(OCC(=O)O)c(OCCCOC)c1)C(C)C. The van der Waals surface area contributed by atoms with Crippen LogP contribution in [0.2, 0.25) is 0 Å². The van der Waals surface area contributed by atoms with E-state index in [-0.39, 0.29) is 17.7 Å². The predicted molar refractivity (Wildman–Crippen MR) is 144 cm³/mol. The summed E-state index contributed by atoms with van der Waals surface area (Å²) in [4.78, 5) is 23.2. The van der Waals surface area contributed by atoms with E-state index in [2.05, 4.69) is 26.1 Å². The molecule has 1 aromatic rings. The molecule has 212 valence electrons. The Hall–Kier alpha value is -2.36. The third-order valence-corrected chi connectivity index (χ3v) is 6.49. The lowest BCUT2D eigenvalue weighted by molar-refractivity contribution is -0.139. The molecule has 0 fully saturated rings. The molecule has 0 saturated carbocycles. The average Bonchev–Trinajstić information content (AvgIpc) is 2.85. The molecule has 0 unspecified atom stereocenters. The maximum atomic E-state index is 12.3. The number of nitrogens with two attached hydrogens (primary N) is 1. The summed E-state index contributed by atoms with van der Waals surface area (Å²) in [5, 5.41) is 22.6. The van der Waals surface area contributed by atoms with Crippen molar-refractivity contribution in [1.82, 2.24) is 5.32 Å². The smallest absolute Gasteiger partial charge is 0.341 e. The Morgan fingerprint density at radius 2 is 1.78 bits per heavy atom. The second kappa shape index (κ2) is 18.0. The zero-order chi connectivity index (χ0) is 27.8. The predicted octanol–water partition coefficient (Wildman–Crippen LogP) is 3.40. The molecule has 0 aliphatic heterocycles. The number of rotatable bonds is 20. The number of carboxylic acid groups (broad SMARTS) is 1. The number of carbonyl (C=O) groups is 2. The van der Waals surface area contributed by atoms with Crippen molar-refractivity contribution in [3.63, 3.8) is 0 Å². The number of amides is 1. The monoisotopic (exact) mass is 524 g/mol. The minimum absolute atomic E-state index is 0.0525. The van der Waals surface area contributed by atoms with Crippen LogP contribution < -0.4 is 20.5 Å². The first-order valence-corrected chi connectivity index (χ1v) is 13.4. The molecule has 0 heterocycles. The number of aliphatic hydroxyl groups excluding tert-OH is 1. The highest BCUT2D eigenvalue weighted by molar-refractivity contribution is 5.78. The number of carboxylic acids is 1. The standard InChI is InChI=1S/C28H48N2O7/c1-6-7-11-30-28(34)20(4)14-24(31)23(29)17-22(19(2)3)15-21-9-10-25(37-18-27(32)33)26(16-21)36-13-8-12-35-5/h9-10,16,19-20,22-24,31H,6-8,11-15,17-18,29H2,1-5H3,(H,30,34)(H,32,33)/t20-,22+,23+,24+/m1/s1. The topological polar surface area (TPSA) is 140 Å². The van der Waals surface area contributed by atoms with Crippen molar-refractivity contribution in [2.75, 3.05) is 33.5 Å². The fourth-order valence-electron chi connectivity index (χ4n) is 4.04. The van der Waals surface area contributed by atoms with Gasteiger partial charge >= 0.3 is 5.97 Å². The molecule has 1 amide bonds. The lowest BCUT2D eigenvalue weighted by atomic mass is 9.82. The number of hydrogen-bond acceptors (Lipinski definition) is 7. The van der Waals surface area contributed by atoms with Crippen molar-refractivity contribution in [2.24, 2.45) is 23.5 Å². The van der Waals surface area contributed by atoms with Crippen molar-refractivity contribution in [3.05, 3.63) is 23.8 Å². The largest absolute Gasteiger partial charge is 0.490 e. The molecule has 37 heavy (non-hydrogen) atoms. The molecule has 9 heteroatoms. The van der Waals surface area contributed by atoms with Crippen molar-refractivity contribution in [1.29, 1.82) is 0 Å². The van der Waals surface area contributed by atoms with E-state index >= 15 is 0 Å². The molecule has 0 aliphatic rings. The molecule has 0 aliphatic carbocycles. The fraction of sp³-hybridized carbons (Fsp3) is 0.714. The molecule has 0 spiro atoms. The van der Waals surface area contributed by atoms with Gasteiger partial charge in [-0.1, -0.05) is 40.2 Å². The first kappa shape index (κ1) is 32.7. The van der Waals surface area contributed by atoms with E-state index in [0.717, 1.165) is 18.4 Å². The number of unbranched alkanes of at least 4 members (excludes halogenated alkanes) is 1. The molecule has 1 aromatic carbocycles. The Kier molecular flexibility index (Phi) is 15.9. The van der Waals surface area contributed by atoms with E-state index in [1.54, 1.807) is 13.2 Å². The van der Waals surface area contributed by atoms with E-state index in [1.165, 1.54) is 0 Å². The number of nitrogens with one attached hydrogen (secondary N) is 1. The van der Waals surface area contributed by atoms with E-state index in [4.69, 9.17) is 25.1 Å². The van der Waals surface area contributed by atoms with Gasteiger partial charge in [0, 0.05) is 38.6 Å². The van der Waals surface area contributed by atoms with Gasteiger partial charge in [-0.15, -0.1) is 0 Å². The van der Waals surface area contributed by atoms with Gasteiger partial charge in [-0.2, -0.15) is 0 Å². The Balaban J connectivity index is 2.84. The molecule has 0 saturated heterocycles. The van der Waals surface area contributed by atoms with Crippen molar-refractivity contribution >= 4 is 11.9 Å². The van der Waals surface area contributed by atoms with Crippen molar-refractivity contribution in [3.8, 4) is 11.5 Å². The number of aliphatic carboxylic acids is 1. The summed E-state index contributed by atoms with van der Waals surface area (Å²) in [5.41, 5.74) is 7.41. The number of carbonyl (C=O) groups excluding carboxylic acids is 1. The number of methoxy groups -OCH3 is 1. The third kappa shape index (κ3) is 13.1. The number of hydrogen-bond donors (Lipinski definition) is 4. The van der Waals surface area contributed by atoms with E-state index in [0.29, 0.717) is 62.9 Å². The second-order valence-electron chi connectivity index (χ2n) is 10.1. The first-order chi connectivity index (χ1) is 17.6. The molecule has 0 radical (unpaired) electrons. The molecule has 4 atom stereocenters. The van der Waals surface area contributed by atoms with E-state index < -0.39 is 24.7 Å². The van der Waals surface area contributed by atoms with Crippen LogP contribution in [0, 0.1) is 17.8 Å². The van der Waals surface area contributed by atoms with Gasteiger partial charge in [-0.3, -0.25) is 4.79 Å². The van der Waals surface area contributed by atoms with Crippen LogP contribution in [0.1, 0.15) is 65.4 Å². The number of benzene rings is 1. The Labute approximate surface area is 222 Å². The summed E-state index contributed by atoms with van der Waals surface area (Å²) in [6.07, 6.45) is 3.48. The average molecular weight is 525 g/mol. The van der Waals surface area contributed by atoms with Crippen LogP contribution >= 0.6 is 0 Å². The van der Waals surface area contributed by atoms with Gasteiger partial charge in [0.15, 0.2) is 18.1 Å². The van der Waals surface area contributed by atoms with Crippen molar-refractivity contribution < 1.29 is 34.0 Å². The Morgan fingerprint density at radius 3 is 2.41 bits per heavy atom. The minimum Gasteiger partial charge on any atom is -0.490 e. The summed E-state index contributed by atoms with van der Waals surface area (Å²) in [6, 6.07) is 5.05. The van der Waals surface area contributed by atoms with Gasteiger partial charge in [-0.25, -0.2) is 4.79 Å². The molecule has 9 nitrogen and oxygen atoms in total. The van der Waals surface area contributed by atoms with Gasteiger partial charge in [0.25, 0.3) is 0 Å². The normalized spacial score (nSPS) is 14.6. The molecule has 1 rings (SSSR count). The highest BCUT2D eigenvalue weighted by Crippen LogP contribution is 2.32. The quantitative estimate of drug-likeness (QED) is 0.190. The lowest BCUT2D eigenvalue weighted by Crippen LogP contribution is -2.41. The summed E-state index contributed by atoms with van der Waals surface area (Å²) in [7, 11) is 1.62. The van der Waals surface area contributed by atoms with Crippen LogP contribution in [0.3, 0.4) is 0 Å². The van der Waals surface area contributed by atoms with Gasteiger partial charge in [-0.05, 0) is 55.2 Å². The highest BCUT2D eigenvalue weighted by Gasteiger charge is 2.26. The zero-order valence-electron chi connectivity index (χ0n) is 23.2. The maximum Gasteiger partial charge on any atom is 0.341 e. The van der Waals surface area contributed by atoms with Crippen molar-refractivity contribution in [2.45, 2.75) is 78.4 Å². The van der Waals surface area contributed by atoms with Crippen LogP contribution in [0.5, 0.6) is 11.5 Å². The Bertz CT molecular complexity index is 803. The second-order valence-corrected chi connectivity index (χ2v) is 10.1. The van der Waals surface area contributed by atoms with Gasteiger partial charge in [0.1, 0.15) is 0 Å². The van der Waals surface area contributed by atoms with Gasteiger partial charge in [0.2, 0.25) is 5.91 Å². The van der Waals surface area contributed by atoms with Crippen LogP contribution in [0.4, 0.5) is 0 Å². The molecule has 0 aromatic heterocycles. The highest BCUT2D eigenvalue weighted by atomic mass is 16.5. The number of ether oxygens (including phenoxy) is 3. The van der Waals surface area contributed by atoms with Crippen LogP contribution in [-0.2, 0) is 20.7 Å². The van der Waals surface area contributed by atoms with Crippen LogP contribution in [0.15, 0.2) is 18.2 Å². The van der Waals surface area contributed by atoms with Gasteiger partial charge in [0.05, 0.1) is 12.7 Å². The summed E-state index contributed by atoms with van der Waals surface area (Å²) < 4.78 is 16.3. The summed E-state index contributed by atoms with van der Waals surface area (Å²) in [6.45, 7) is 9.30. The molecular weight excluding hydrogens is 476 g/mol.